The minimum absolute atomic E-state index is 0.0465. The highest BCUT2D eigenvalue weighted by Crippen LogP contribution is 2.25. The van der Waals surface area contributed by atoms with Crippen LogP contribution < -0.4 is 0 Å². The van der Waals surface area contributed by atoms with Crippen molar-refractivity contribution in [1.82, 2.24) is 9.78 Å². The summed E-state index contributed by atoms with van der Waals surface area (Å²) in [6.45, 7) is 0.375. The van der Waals surface area contributed by atoms with Gasteiger partial charge >= 0.3 is 6.18 Å². The lowest BCUT2D eigenvalue weighted by atomic mass is 10.3. The van der Waals surface area contributed by atoms with Gasteiger partial charge in [-0.2, -0.15) is 18.3 Å². The fraction of sp³-hybridized carbons (Fsp3) is 0.571. The van der Waals surface area contributed by atoms with Crippen LogP contribution in [-0.2, 0) is 12.4 Å². The van der Waals surface area contributed by atoms with Gasteiger partial charge in [-0.25, -0.2) is 4.68 Å². The SMILES string of the molecule is Cc1nn(CC(F)(F)F)c(Cl)c1CCl. The monoisotopic (exact) mass is 246 g/mol. The van der Waals surface area contributed by atoms with Crippen molar-refractivity contribution in [3.63, 3.8) is 0 Å². The van der Waals surface area contributed by atoms with Crippen LogP contribution in [0.5, 0.6) is 0 Å². The quantitative estimate of drug-likeness (QED) is 0.734. The Morgan fingerprint density at radius 1 is 1.43 bits per heavy atom. The summed E-state index contributed by atoms with van der Waals surface area (Å²) < 4.78 is 36.7. The van der Waals surface area contributed by atoms with E-state index in [2.05, 4.69) is 5.10 Å². The van der Waals surface area contributed by atoms with E-state index in [-0.39, 0.29) is 11.0 Å². The standard InChI is InChI=1S/C7H7Cl2F3N2/c1-4-5(2-8)6(9)14(13-4)3-7(10,11)12/h2-3H2,1H3. The largest absolute Gasteiger partial charge is 0.408 e. The van der Waals surface area contributed by atoms with Crippen molar-refractivity contribution in [2.24, 2.45) is 0 Å². The second-order valence-electron chi connectivity index (χ2n) is 2.76. The third-order valence-corrected chi connectivity index (χ3v) is 2.34. The average Bonchev–Trinajstić information content (AvgIpc) is 2.24. The van der Waals surface area contributed by atoms with E-state index in [1.54, 1.807) is 6.92 Å². The Balaban J connectivity index is 3.00. The van der Waals surface area contributed by atoms with Crippen LogP contribution in [-0.4, -0.2) is 16.0 Å². The summed E-state index contributed by atoms with van der Waals surface area (Å²) in [6.07, 6.45) is -4.33. The fourth-order valence-corrected chi connectivity index (χ4v) is 1.71. The van der Waals surface area contributed by atoms with E-state index in [1.807, 2.05) is 0 Å². The van der Waals surface area contributed by atoms with Crippen molar-refractivity contribution >= 4 is 23.2 Å². The molecule has 1 rings (SSSR count). The molecule has 80 valence electrons. The van der Waals surface area contributed by atoms with E-state index in [0.29, 0.717) is 15.9 Å². The number of rotatable bonds is 2. The van der Waals surface area contributed by atoms with Gasteiger partial charge in [-0.15, -0.1) is 11.6 Å². The van der Waals surface area contributed by atoms with Crippen molar-refractivity contribution < 1.29 is 13.2 Å². The molecule has 0 saturated carbocycles. The molecule has 0 fully saturated rings. The van der Waals surface area contributed by atoms with E-state index in [9.17, 15) is 13.2 Å². The second kappa shape index (κ2) is 3.98. The maximum atomic E-state index is 12.0. The van der Waals surface area contributed by atoms with Gasteiger partial charge in [-0.1, -0.05) is 11.6 Å². The summed E-state index contributed by atoms with van der Waals surface area (Å²) in [5, 5.41) is 3.60. The highest BCUT2D eigenvalue weighted by Gasteiger charge is 2.30. The maximum absolute atomic E-state index is 12.0. The van der Waals surface area contributed by atoms with Crippen LogP contribution >= 0.6 is 23.2 Å². The van der Waals surface area contributed by atoms with Gasteiger partial charge < -0.3 is 0 Å². The van der Waals surface area contributed by atoms with Crippen LogP contribution in [0.3, 0.4) is 0 Å². The van der Waals surface area contributed by atoms with E-state index >= 15 is 0 Å². The van der Waals surface area contributed by atoms with Gasteiger partial charge in [0.15, 0.2) is 0 Å². The maximum Gasteiger partial charge on any atom is 0.408 e. The molecule has 0 unspecified atom stereocenters. The summed E-state index contributed by atoms with van der Waals surface area (Å²) in [5.74, 6) is 0.0581. The van der Waals surface area contributed by atoms with Crippen LogP contribution in [0.15, 0.2) is 0 Å². The van der Waals surface area contributed by atoms with E-state index in [4.69, 9.17) is 23.2 Å². The van der Waals surface area contributed by atoms with Crippen LogP contribution in [0.2, 0.25) is 5.15 Å². The molecule has 14 heavy (non-hydrogen) atoms. The first-order chi connectivity index (χ1) is 6.35. The normalized spacial score (nSPS) is 12.1. The molecule has 2 nitrogen and oxygen atoms in total. The first kappa shape index (κ1) is 11.7. The minimum atomic E-state index is -4.33. The molecular formula is C7H7Cl2F3N2. The number of aryl methyl sites for hydroxylation is 1. The molecule has 0 amide bonds. The number of alkyl halides is 4. The van der Waals surface area contributed by atoms with Gasteiger partial charge in [-0.3, -0.25) is 0 Å². The molecule has 0 bridgehead atoms. The molecule has 0 aliphatic rings. The van der Waals surface area contributed by atoms with E-state index in [0.717, 1.165) is 0 Å². The van der Waals surface area contributed by atoms with Gasteiger partial charge in [0.25, 0.3) is 0 Å². The van der Waals surface area contributed by atoms with Crippen molar-refractivity contribution in [3.05, 3.63) is 16.4 Å². The molecule has 7 heteroatoms. The van der Waals surface area contributed by atoms with Gasteiger partial charge in [0.1, 0.15) is 11.7 Å². The van der Waals surface area contributed by atoms with Crippen molar-refractivity contribution in [2.45, 2.75) is 25.5 Å². The third kappa shape index (κ3) is 2.54. The first-order valence-corrected chi connectivity index (χ1v) is 4.61. The number of hydrogen-bond acceptors (Lipinski definition) is 1. The Morgan fingerprint density at radius 3 is 2.36 bits per heavy atom. The Bertz CT molecular complexity index is 332. The lowest BCUT2D eigenvalue weighted by Gasteiger charge is -2.06. The van der Waals surface area contributed by atoms with E-state index < -0.39 is 12.7 Å². The highest BCUT2D eigenvalue weighted by molar-refractivity contribution is 6.31. The molecule has 0 radical (unpaired) electrons. The zero-order valence-electron chi connectivity index (χ0n) is 7.20. The Labute approximate surface area is 88.6 Å². The summed E-state index contributed by atoms with van der Waals surface area (Å²) in [7, 11) is 0. The smallest absolute Gasteiger partial charge is 0.244 e. The molecule has 0 aliphatic heterocycles. The highest BCUT2D eigenvalue weighted by atomic mass is 35.5. The van der Waals surface area contributed by atoms with Crippen LogP contribution in [0.1, 0.15) is 11.3 Å². The second-order valence-corrected chi connectivity index (χ2v) is 3.39. The zero-order valence-corrected chi connectivity index (χ0v) is 8.71. The van der Waals surface area contributed by atoms with Gasteiger partial charge in [0.2, 0.25) is 0 Å². The fourth-order valence-electron chi connectivity index (χ4n) is 1.02. The number of hydrogen-bond donors (Lipinski definition) is 0. The van der Waals surface area contributed by atoms with Crippen LogP contribution in [0.25, 0.3) is 0 Å². The molecule has 1 aromatic rings. The zero-order chi connectivity index (χ0) is 10.9. The van der Waals surface area contributed by atoms with Gasteiger partial charge in [0, 0.05) is 5.56 Å². The predicted molar refractivity (Wildman–Crippen MR) is 47.6 cm³/mol. The summed E-state index contributed by atoms with van der Waals surface area (Å²) in [5.41, 5.74) is 0.867. The molecule has 0 aromatic carbocycles. The number of halogens is 5. The molecule has 0 saturated heterocycles. The summed E-state index contributed by atoms with van der Waals surface area (Å²) in [4.78, 5) is 0. The van der Waals surface area contributed by atoms with Crippen molar-refractivity contribution in [3.8, 4) is 0 Å². The number of nitrogens with zero attached hydrogens (tertiary/aromatic N) is 2. The molecular weight excluding hydrogens is 240 g/mol. The summed E-state index contributed by atoms with van der Waals surface area (Å²) in [6, 6.07) is 0. The Hall–Kier alpha value is -0.420. The summed E-state index contributed by atoms with van der Waals surface area (Å²) >= 11 is 11.2. The van der Waals surface area contributed by atoms with Crippen molar-refractivity contribution in [1.29, 1.82) is 0 Å². The molecule has 1 heterocycles. The first-order valence-electron chi connectivity index (χ1n) is 3.69. The molecule has 0 spiro atoms. The minimum Gasteiger partial charge on any atom is -0.244 e. The number of aromatic nitrogens is 2. The molecule has 0 atom stereocenters. The lowest BCUT2D eigenvalue weighted by molar-refractivity contribution is -0.142. The van der Waals surface area contributed by atoms with Crippen molar-refractivity contribution in [2.75, 3.05) is 0 Å². The third-order valence-electron chi connectivity index (χ3n) is 1.65. The Kier molecular flexibility index (Phi) is 3.32. The Morgan fingerprint density at radius 2 is 2.00 bits per heavy atom. The molecule has 0 aliphatic carbocycles. The van der Waals surface area contributed by atoms with Gasteiger partial charge in [-0.05, 0) is 6.92 Å². The molecule has 0 N–H and O–H groups in total. The van der Waals surface area contributed by atoms with Crippen LogP contribution in [0.4, 0.5) is 13.2 Å². The van der Waals surface area contributed by atoms with Crippen LogP contribution in [0, 0.1) is 6.92 Å². The molecule has 1 aromatic heterocycles. The lowest BCUT2D eigenvalue weighted by Crippen LogP contribution is -2.18. The predicted octanol–water partition coefficient (Wildman–Crippen LogP) is 3.15. The van der Waals surface area contributed by atoms with Gasteiger partial charge in [0.05, 0.1) is 11.6 Å². The van der Waals surface area contributed by atoms with E-state index in [1.165, 1.54) is 0 Å². The average molecular weight is 247 g/mol. The topological polar surface area (TPSA) is 17.8 Å².